The van der Waals surface area contributed by atoms with Gasteiger partial charge in [-0.25, -0.2) is 9.97 Å². The lowest BCUT2D eigenvalue weighted by atomic mass is 10.0. The molecule has 2 N–H and O–H groups in total. The van der Waals surface area contributed by atoms with Crippen molar-refractivity contribution in [3.05, 3.63) is 167 Å². The van der Waals surface area contributed by atoms with Crippen molar-refractivity contribution in [1.82, 2.24) is 19.9 Å². The van der Waals surface area contributed by atoms with Gasteiger partial charge in [0, 0.05) is 58.5 Å². The van der Waals surface area contributed by atoms with E-state index in [1.807, 2.05) is 48.5 Å². The maximum absolute atomic E-state index is 6.92. The van der Waals surface area contributed by atoms with Crippen molar-refractivity contribution >= 4 is 22.1 Å². The largest absolute Gasteiger partial charge is 0.354 e. The Kier molecular flexibility index (Phi) is 7.09. The maximum atomic E-state index is 6.92. The molecule has 4 aliphatic rings. The van der Waals surface area contributed by atoms with Crippen LogP contribution >= 0.6 is 0 Å². The van der Waals surface area contributed by atoms with Gasteiger partial charge in [0.2, 0.25) is 12.6 Å². The zero-order chi connectivity index (χ0) is 35.9. The number of aromatic nitrogens is 4. The first kappa shape index (κ1) is 31.4. The SMILES string of the molecule is CO[C@@H]1O[C@@H]2c3ccccc3-c3c2nc1c(-c1ccccc1)c1ccc([nH]1)c1c2nc(c(-c4ccccc4)c4ccc3[nH]4)[C@H](OC)O[C@H]2c2ccccc2-1. The summed E-state index contributed by atoms with van der Waals surface area (Å²) in [5.74, 6) is 0. The van der Waals surface area contributed by atoms with E-state index in [0.717, 1.165) is 89.1 Å². The molecular formula is C46H34N4O4. The summed E-state index contributed by atoms with van der Waals surface area (Å²) in [5, 5.41) is 0. The molecule has 0 unspecified atom stereocenters. The van der Waals surface area contributed by atoms with Gasteiger partial charge in [0.1, 0.15) is 23.6 Å². The minimum atomic E-state index is -0.729. The van der Waals surface area contributed by atoms with Crippen LogP contribution in [0.4, 0.5) is 0 Å². The van der Waals surface area contributed by atoms with E-state index in [-0.39, 0.29) is 0 Å². The lowest BCUT2D eigenvalue weighted by Gasteiger charge is -2.27. The summed E-state index contributed by atoms with van der Waals surface area (Å²) in [4.78, 5) is 18.7. The molecule has 0 spiro atoms. The van der Waals surface area contributed by atoms with Crippen LogP contribution in [-0.2, 0) is 18.9 Å². The quantitative estimate of drug-likeness (QED) is 0.189. The first-order valence-corrected chi connectivity index (χ1v) is 18.2. The average molecular weight is 707 g/mol. The first-order valence-electron chi connectivity index (χ1n) is 18.2. The Balaban J connectivity index is 1.38. The summed E-state index contributed by atoms with van der Waals surface area (Å²) >= 11 is 0. The molecule has 262 valence electrons. The number of nitrogens with one attached hydrogen (secondary N) is 2. The molecule has 11 rings (SSSR count). The molecule has 7 aromatic rings. The number of benzene rings is 4. The van der Waals surface area contributed by atoms with Crippen LogP contribution in [0.5, 0.6) is 0 Å². The van der Waals surface area contributed by atoms with E-state index in [2.05, 4.69) is 94.9 Å². The van der Waals surface area contributed by atoms with E-state index in [1.165, 1.54) is 0 Å². The van der Waals surface area contributed by atoms with E-state index in [9.17, 15) is 0 Å². The van der Waals surface area contributed by atoms with Crippen molar-refractivity contribution in [3.8, 4) is 44.5 Å². The standard InChI is InChI=1S/C46H34N4O4/c1-51-45-41-35(25-13-5-3-6-14-25)31-21-23-34(47-31)38-28-18-10-12-20-30(28)44-40(38)50-42(46(52-2)54-44)36(26-15-7-4-8-16-26)32-22-24-33(48-32)37-27-17-9-11-19-29(27)43(53-45)39(37)49-41/h3-24,43-48H,1-2H3/t43-,44+,45-,46-/m1/s1. The Morgan fingerprint density at radius 2 is 0.796 bits per heavy atom. The monoisotopic (exact) mass is 706 g/mol. The number of hydrogen-bond acceptors (Lipinski definition) is 6. The van der Waals surface area contributed by atoms with Gasteiger partial charge < -0.3 is 28.9 Å². The summed E-state index contributed by atoms with van der Waals surface area (Å²) in [6.45, 7) is 0. The van der Waals surface area contributed by atoms with Gasteiger partial charge >= 0.3 is 0 Å². The van der Waals surface area contributed by atoms with E-state index < -0.39 is 24.8 Å². The number of hydrogen-bond donors (Lipinski definition) is 2. The van der Waals surface area contributed by atoms with Crippen molar-refractivity contribution < 1.29 is 18.9 Å². The zero-order valence-electron chi connectivity index (χ0n) is 29.5. The Bertz CT molecular complexity index is 2600. The van der Waals surface area contributed by atoms with Crippen molar-refractivity contribution in [2.75, 3.05) is 14.2 Å². The van der Waals surface area contributed by atoms with Crippen LogP contribution in [0.15, 0.2) is 133 Å². The fraction of sp³-hybridized carbons (Fsp3) is 0.130. The Labute approximate surface area is 311 Å². The highest BCUT2D eigenvalue weighted by atomic mass is 16.7. The van der Waals surface area contributed by atoms with E-state index in [4.69, 9.17) is 28.9 Å². The van der Waals surface area contributed by atoms with E-state index >= 15 is 0 Å². The zero-order valence-corrected chi connectivity index (χ0v) is 29.5. The molecule has 4 atom stereocenters. The Morgan fingerprint density at radius 3 is 1.20 bits per heavy atom. The molecule has 54 heavy (non-hydrogen) atoms. The number of H-pyrrole nitrogens is 2. The highest BCUT2D eigenvalue weighted by molar-refractivity contribution is 5.95. The second kappa shape index (κ2) is 12.2. The molecule has 0 saturated carbocycles. The van der Waals surface area contributed by atoms with Gasteiger partial charge in [0.25, 0.3) is 0 Å². The third kappa shape index (κ3) is 4.58. The predicted octanol–water partition coefficient (Wildman–Crippen LogP) is 10.5. The van der Waals surface area contributed by atoms with Crippen LogP contribution in [0.1, 0.15) is 58.7 Å². The fourth-order valence-electron chi connectivity index (χ4n) is 8.70. The summed E-state index contributed by atoms with van der Waals surface area (Å²) in [7, 11) is 3.36. The lowest BCUT2D eigenvalue weighted by Crippen LogP contribution is -2.20. The van der Waals surface area contributed by atoms with Gasteiger partial charge in [-0.2, -0.15) is 0 Å². The van der Waals surface area contributed by atoms with Crippen molar-refractivity contribution in [3.63, 3.8) is 0 Å². The second-order valence-corrected chi connectivity index (χ2v) is 13.9. The summed E-state index contributed by atoms with van der Waals surface area (Å²) < 4.78 is 26.1. The lowest BCUT2D eigenvalue weighted by molar-refractivity contribution is -0.160. The molecule has 0 amide bonds. The molecule has 4 aromatic carbocycles. The minimum Gasteiger partial charge on any atom is -0.354 e. The summed E-state index contributed by atoms with van der Waals surface area (Å²) in [6.07, 6.45) is -2.30. The van der Waals surface area contributed by atoms with Crippen molar-refractivity contribution in [2.24, 2.45) is 0 Å². The molecule has 0 fully saturated rings. The van der Waals surface area contributed by atoms with Crippen LogP contribution in [-0.4, -0.2) is 34.2 Å². The molecule has 8 heteroatoms. The van der Waals surface area contributed by atoms with Gasteiger partial charge in [-0.3, -0.25) is 0 Å². The topological polar surface area (TPSA) is 94.3 Å². The normalized spacial score (nSPS) is 19.3. The molecular weight excluding hydrogens is 673 g/mol. The van der Waals surface area contributed by atoms with Crippen LogP contribution in [0.25, 0.3) is 66.6 Å². The maximum Gasteiger partial charge on any atom is 0.202 e. The molecule has 8 nitrogen and oxygen atoms in total. The Morgan fingerprint density at radius 1 is 0.426 bits per heavy atom. The highest BCUT2D eigenvalue weighted by Gasteiger charge is 2.41. The van der Waals surface area contributed by atoms with Gasteiger partial charge in [-0.05, 0) is 57.6 Å². The number of fused-ring (bicyclic) bond motifs is 14. The van der Waals surface area contributed by atoms with Crippen molar-refractivity contribution in [1.29, 1.82) is 0 Å². The van der Waals surface area contributed by atoms with Crippen LogP contribution in [0, 0.1) is 0 Å². The van der Waals surface area contributed by atoms with E-state index in [1.54, 1.807) is 14.2 Å². The second-order valence-electron chi connectivity index (χ2n) is 13.9. The van der Waals surface area contributed by atoms with Crippen LogP contribution in [0.3, 0.4) is 0 Å². The number of rotatable bonds is 4. The van der Waals surface area contributed by atoms with E-state index in [0.29, 0.717) is 11.4 Å². The molecule has 5 heterocycles. The number of nitrogens with zero attached hydrogens (tertiary/aromatic N) is 2. The van der Waals surface area contributed by atoms with Crippen LogP contribution in [0.2, 0.25) is 0 Å². The third-order valence-corrected chi connectivity index (χ3v) is 11.0. The molecule has 3 aromatic heterocycles. The van der Waals surface area contributed by atoms with Gasteiger partial charge in [-0.1, -0.05) is 109 Å². The third-order valence-electron chi connectivity index (χ3n) is 11.0. The highest BCUT2D eigenvalue weighted by Crippen LogP contribution is 2.53. The van der Waals surface area contributed by atoms with Crippen molar-refractivity contribution in [2.45, 2.75) is 24.8 Å². The first-order chi connectivity index (χ1) is 26.7. The fourth-order valence-corrected chi connectivity index (χ4v) is 8.70. The molecule has 0 radical (unpaired) electrons. The van der Waals surface area contributed by atoms with Gasteiger partial charge in [-0.15, -0.1) is 0 Å². The van der Waals surface area contributed by atoms with Crippen LogP contribution < -0.4 is 0 Å². The smallest absolute Gasteiger partial charge is 0.202 e. The number of aromatic amines is 2. The molecule has 8 bridgehead atoms. The number of ether oxygens (including phenoxy) is 4. The summed E-state index contributed by atoms with van der Waals surface area (Å²) in [5.41, 5.74) is 16.6. The van der Waals surface area contributed by atoms with Gasteiger partial charge in [0.15, 0.2) is 0 Å². The van der Waals surface area contributed by atoms with Gasteiger partial charge in [0.05, 0.1) is 11.4 Å². The minimum absolute atomic E-state index is 0.419. The summed E-state index contributed by atoms with van der Waals surface area (Å²) in [6, 6.07) is 45.8. The predicted molar refractivity (Wildman–Crippen MR) is 208 cm³/mol. The Hall–Kier alpha value is -6.16. The molecule has 0 saturated heterocycles. The number of methoxy groups -OCH3 is 2. The molecule has 2 aliphatic heterocycles. The average Bonchev–Trinajstić information content (AvgIpc) is 4.02. The molecule has 2 aliphatic carbocycles.